The Kier molecular flexibility index (Phi) is 5.49. The van der Waals surface area contributed by atoms with Crippen LogP contribution in [0.3, 0.4) is 0 Å². The van der Waals surface area contributed by atoms with Crippen LogP contribution in [0.5, 0.6) is 0 Å². The summed E-state index contributed by atoms with van der Waals surface area (Å²) in [4.78, 5) is 3.44. The summed E-state index contributed by atoms with van der Waals surface area (Å²) in [5, 5.41) is 8.61. The van der Waals surface area contributed by atoms with Crippen LogP contribution in [0, 0.1) is 6.92 Å². The zero-order chi connectivity index (χ0) is 16.8. The number of hydrogen-bond acceptors (Lipinski definition) is 1. The van der Waals surface area contributed by atoms with Crippen LogP contribution in [0.4, 0.5) is 0 Å². The van der Waals surface area contributed by atoms with Gasteiger partial charge in [0.15, 0.2) is 5.11 Å². The summed E-state index contributed by atoms with van der Waals surface area (Å²) in [6, 6.07) is 18.9. The number of benzene rings is 2. The first-order valence-corrected chi connectivity index (χ1v) is 8.76. The Morgan fingerprint density at radius 2 is 1.58 bits per heavy atom. The molecular formula is C20H23N3S. The normalized spacial score (nSPS) is 10.7. The standard InChI is InChI=1S/C20H23N3S/c1-15-17(18-9-5-6-10-19(18)23-15)12-14-22-20(24)21-13-11-16-7-3-2-4-8-16/h2-10,23H,11-14H2,1H3,(H2,21,22,24). The summed E-state index contributed by atoms with van der Waals surface area (Å²) >= 11 is 5.36. The van der Waals surface area contributed by atoms with Crippen LogP contribution < -0.4 is 10.6 Å². The van der Waals surface area contributed by atoms with E-state index in [4.69, 9.17) is 12.2 Å². The van der Waals surface area contributed by atoms with Crippen molar-refractivity contribution in [3.63, 3.8) is 0 Å². The van der Waals surface area contributed by atoms with Crippen molar-refractivity contribution in [2.24, 2.45) is 0 Å². The van der Waals surface area contributed by atoms with Gasteiger partial charge in [-0.15, -0.1) is 0 Å². The molecule has 0 radical (unpaired) electrons. The average molecular weight is 337 g/mol. The fourth-order valence-electron chi connectivity index (χ4n) is 2.99. The Bertz CT molecular complexity index is 808. The molecule has 3 rings (SSSR count). The van der Waals surface area contributed by atoms with E-state index in [2.05, 4.69) is 71.1 Å². The summed E-state index contributed by atoms with van der Waals surface area (Å²) in [6.45, 7) is 3.81. The van der Waals surface area contributed by atoms with Gasteiger partial charge in [-0.05, 0) is 49.2 Å². The number of nitrogens with one attached hydrogen (secondary N) is 3. The maximum absolute atomic E-state index is 5.36. The molecule has 0 aliphatic rings. The van der Waals surface area contributed by atoms with Crippen LogP contribution in [-0.4, -0.2) is 23.2 Å². The van der Waals surface area contributed by atoms with Gasteiger partial charge in [0.2, 0.25) is 0 Å². The highest BCUT2D eigenvalue weighted by molar-refractivity contribution is 7.80. The molecule has 0 bridgehead atoms. The van der Waals surface area contributed by atoms with Crippen molar-refractivity contribution < 1.29 is 0 Å². The smallest absolute Gasteiger partial charge is 0.166 e. The maximum Gasteiger partial charge on any atom is 0.166 e. The number of aryl methyl sites for hydroxylation is 1. The molecule has 0 spiro atoms. The third-order valence-corrected chi connectivity index (χ3v) is 4.52. The van der Waals surface area contributed by atoms with Crippen LogP contribution >= 0.6 is 12.2 Å². The van der Waals surface area contributed by atoms with E-state index in [0.717, 1.165) is 31.0 Å². The molecule has 24 heavy (non-hydrogen) atoms. The topological polar surface area (TPSA) is 39.9 Å². The summed E-state index contributed by atoms with van der Waals surface area (Å²) in [5.41, 5.74) is 5.13. The van der Waals surface area contributed by atoms with E-state index in [9.17, 15) is 0 Å². The lowest BCUT2D eigenvalue weighted by Crippen LogP contribution is -2.37. The molecule has 0 saturated heterocycles. The molecule has 124 valence electrons. The van der Waals surface area contributed by atoms with Crippen LogP contribution in [0.1, 0.15) is 16.8 Å². The second-order valence-corrected chi connectivity index (χ2v) is 6.35. The molecule has 1 heterocycles. The molecule has 3 nitrogen and oxygen atoms in total. The second-order valence-electron chi connectivity index (χ2n) is 5.94. The van der Waals surface area contributed by atoms with Crippen molar-refractivity contribution >= 4 is 28.2 Å². The molecule has 0 amide bonds. The van der Waals surface area contributed by atoms with E-state index in [1.165, 1.54) is 27.7 Å². The predicted octanol–water partition coefficient (Wildman–Crippen LogP) is 3.73. The van der Waals surface area contributed by atoms with Gasteiger partial charge in [0.1, 0.15) is 0 Å². The minimum atomic E-state index is 0.725. The summed E-state index contributed by atoms with van der Waals surface area (Å²) < 4.78 is 0. The highest BCUT2D eigenvalue weighted by Gasteiger charge is 2.07. The zero-order valence-corrected chi connectivity index (χ0v) is 14.7. The molecule has 0 aliphatic carbocycles. The Labute approximate surface area is 148 Å². The summed E-state index contributed by atoms with van der Waals surface area (Å²) in [5.74, 6) is 0. The Hall–Kier alpha value is -2.33. The highest BCUT2D eigenvalue weighted by Crippen LogP contribution is 2.21. The summed E-state index contributed by atoms with van der Waals surface area (Å²) in [7, 11) is 0. The SMILES string of the molecule is Cc1[nH]c2ccccc2c1CCNC(=S)NCCc1ccccc1. The first kappa shape index (κ1) is 16.5. The lowest BCUT2D eigenvalue weighted by atomic mass is 10.1. The average Bonchev–Trinajstić information content (AvgIpc) is 2.92. The van der Waals surface area contributed by atoms with E-state index in [1.807, 2.05) is 6.07 Å². The first-order valence-electron chi connectivity index (χ1n) is 8.36. The van der Waals surface area contributed by atoms with E-state index in [1.54, 1.807) is 0 Å². The number of aromatic amines is 1. The van der Waals surface area contributed by atoms with Crippen molar-refractivity contribution in [3.8, 4) is 0 Å². The molecule has 0 atom stereocenters. The van der Waals surface area contributed by atoms with Crippen molar-refractivity contribution in [2.75, 3.05) is 13.1 Å². The molecule has 3 N–H and O–H groups in total. The first-order chi connectivity index (χ1) is 11.7. The Morgan fingerprint density at radius 1 is 0.917 bits per heavy atom. The van der Waals surface area contributed by atoms with E-state index >= 15 is 0 Å². The number of rotatable bonds is 6. The maximum atomic E-state index is 5.36. The van der Waals surface area contributed by atoms with Gasteiger partial charge >= 0.3 is 0 Å². The molecule has 1 aromatic heterocycles. The Morgan fingerprint density at radius 3 is 2.38 bits per heavy atom. The second kappa shape index (κ2) is 7.97. The van der Waals surface area contributed by atoms with E-state index in [0.29, 0.717) is 0 Å². The van der Waals surface area contributed by atoms with Crippen LogP contribution in [0.25, 0.3) is 10.9 Å². The number of H-pyrrole nitrogens is 1. The quantitative estimate of drug-likeness (QED) is 0.600. The molecule has 0 unspecified atom stereocenters. The van der Waals surface area contributed by atoms with Gasteiger partial charge in [0.05, 0.1) is 0 Å². The molecule has 2 aromatic carbocycles. The highest BCUT2D eigenvalue weighted by atomic mass is 32.1. The van der Waals surface area contributed by atoms with E-state index in [-0.39, 0.29) is 0 Å². The van der Waals surface area contributed by atoms with Crippen LogP contribution in [0.2, 0.25) is 0 Å². The van der Waals surface area contributed by atoms with Gasteiger partial charge in [-0.3, -0.25) is 0 Å². The zero-order valence-electron chi connectivity index (χ0n) is 13.9. The fourth-order valence-corrected chi connectivity index (χ4v) is 3.19. The number of fused-ring (bicyclic) bond motifs is 1. The number of aromatic nitrogens is 1. The third kappa shape index (κ3) is 4.15. The minimum Gasteiger partial charge on any atom is -0.362 e. The number of hydrogen-bond donors (Lipinski definition) is 3. The van der Waals surface area contributed by atoms with Gasteiger partial charge in [0, 0.05) is 29.7 Å². The molecule has 3 aromatic rings. The third-order valence-electron chi connectivity index (χ3n) is 4.23. The molecule has 0 saturated carbocycles. The summed E-state index contributed by atoms with van der Waals surface area (Å²) in [6.07, 6.45) is 1.93. The van der Waals surface area contributed by atoms with Gasteiger partial charge in [-0.1, -0.05) is 48.5 Å². The van der Waals surface area contributed by atoms with Crippen molar-refractivity contribution in [3.05, 3.63) is 71.4 Å². The molecule has 0 aliphatic heterocycles. The number of para-hydroxylation sites is 1. The van der Waals surface area contributed by atoms with Crippen molar-refractivity contribution in [2.45, 2.75) is 19.8 Å². The Balaban J connectivity index is 1.44. The number of thiocarbonyl (C=S) groups is 1. The predicted molar refractivity (Wildman–Crippen MR) is 105 cm³/mol. The lowest BCUT2D eigenvalue weighted by molar-refractivity contribution is 0.802. The van der Waals surface area contributed by atoms with Crippen LogP contribution in [-0.2, 0) is 12.8 Å². The van der Waals surface area contributed by atoms with Crippen molar-refractivity contribution in [1.82, 2.24) is 15.6 Å². The van der Waals surface area contributed by atoms with Gasteiger partial charge in [-0.25, -0.2) is 0 Å². The van der Waals surface area contributed by atoms with E-state index < -0.39 is 0 Å². The monoisotopic (exact) mass is 337 g/mol. The van der Waals surface area contributed by atoms with Gasteiger partial charge in [-0.2, -0.15) is 0 Å². The minimum absolute atomic E-state index is 0.725. The largest absolute Gasteiger partial charge is 0.362 e. The molecular weight excluding hydrogens is 314 g/mol. The van der Waals surface area contributed by atoms with Crippen molar-refractivity contribution in [1.29, 1.82) is 0 Å². The molecule has 0 fully saturated rings. The fraction of sp³-hybridized carbons (Fsp3) is 0.250. The van der Waals surface area contributed by atoms with Crippen LogP contribution in [0.15, 0.2) is 54.6 Å². The van der Waals surface area contributed by atoms with Gasteiger partial charge in [0.25, 0.3) is 0 Å². The van der Waals surface area contributed by atoms with Gasteiger partial charge < -0.3 is 15.6 Å². The lowest BCUT2D eigenvalue weighted by Gasteiger charge is -2.10. The molecule has 4 heteroatoms.